The first-order valence-electron chi connectivity index (χ1n) is 8.47. The Kier molecular flexibility index (Phi) is 10.4. The molecule has 0 aliphatic rings. The third-order valence-electron chi connectivity index (χ3n) is 3.32. The van der Waals surface area contributed by atoms with Gasteiger partial charge in [0.15, 0.2) is 0 Å². The van der Waals surface area contributed by atoms with E-state index in [1.54, 1.807) is 6.08 Å². The zero-order chi connectivity index (χ0) is 18.7. The van der Waals surface area contributed by atoms with E-state index in [0.717, 1.165) is 47.6 Å². The Morgan fingerprint density at radius 1 is 1.12 bits per heavy atom. The molecule has 25 heavy (non-hydrogen) atoms. The molecule has 140 valence electrons. The lowest BCUT2D eigenvalue weighted by atomic mass is 10.1. The van der Waals surface area contributed by atoms with Gasteiger partial charge in [0.25, 0.3) is 0 Å². The summed E-state index contributed by atoms with van der Waals surface area (Å²) in [6.45, 7) is 9.53. The molecule has 0 fully saturated rings. The molecular weight excluding hydrogens is 361 g/mol. The average molecular weight is 388 g/mol. The molecule has 1 rings (SSSR count). The van der Waals surface area contributed by atoms with Gasteiger partial charge in [0.05, 0.1) is 12.3 Å². The molecule has 0 aliphatic carbocycles. The van der Waals surface area contributed by atoms with Crippen molar-refractivity contribution in [3.8, 4) is 11.5 Å². The highest BCUT2D eigenvalue weighted by Gasteiger charge is 2.09. The highest BCUT2D eigenvalue weighted by molar-refractivity contribution is 6.55. The van der Waals surface area contributed by atoms with Crippen molar-refractivity contribution >= 4 is 28.9 Å². The average Bonchev–Trinajstić information content (AvgIpc) is 2.54. The van der Waals surface area contributed by atoms with Crippen LogP contribution >= 0.6 is 23.2 Å². The molecule has 6 heteroatoms. The second-order valence-corrected chi connectivity index (χ2v) is 6.82. The van der Waals surface area contributed by atoms with E-state index in [1.807, 2.05) is 32.9 Å². The molecule has 0 atom stereocenters. The maximum atomic E-state index is 5.98. The number of oxime groups is 1. The van der Waals surface area contributed by atoms with E-state index >= 15 is 0 Å². The second kappa shape index (κ2) is 12.0. The van der Waals surface area contributed by atoms with Crippen LogP contribution < -0.4 is 9.47 Å². The van der Waals surface area contributed by atoms with Gasteiger partial charge in [-0.3, -0.25) is 0 Å². The molecule has 0 saturated heterocycles. The van der Waals surface area contributed by atoms with Crippen LogP contribution in [0.5, 0.6) is 11.5 Å². The van der Waals surface area contributed by atoms with Crippen molar-refractivity contribution in [2.75, 3.05) is 19.8 Å². The minimum atomic E-state index is 0.205. The molecule has 1 aromatic rings. The normalized spacial score (nSPS) is 10.2. The number of hydrogen-bond donors (Lipinski definition) is 0. The zero-order valence-corrected chi connectivity index (χ0v) is 16.9. The second-order valence-electron chi connectivity index (χ2n) is 5.81. The van der Waals surface area contributed by atoms with Gasteiger partial charge in [-0.1, -0.05) is 35.3 Å². The van der Waals surface area contributed by atoms with Gasteiger partial charge in [-0.15, -0.1) is 0 Å². The SMILES string of the molecule is CCc1cc(OCC=C(Cl)Cl)cc(C)c1OCCCCON=C(C)C. The summed E-state index contributed by atoms with van der Waals surface area (Å²) < 4.78 is 11.8. The van der Waals surface area contributed by atoms with Crippen molar-refractivity contribution in [2.45, 2.75) is 47.0 Å². The molecule has 0 radical (unpaired) electrons. The Hall–Kier alpha value is -1.39. The number of benzene rings is 1. The lowest BCUT2D eigenvalue weighted by Crippen LogP contribution is -2.04. The molecule has 0 spiro atoms. The van der Waals surface area contributed by atoms with Crippen molar-refractivity contribution in [3.05, 3.63) is 33.8 Å². The fourth-order valence-electron chi connectivity index (χ4n) is 2.18. The van der Waals surface area contributed by atoms with Crippen molar-refractivity contribution in [1.82, 2.24) is 0 Å². The summed E-state index contributed by atoms with van der Waals surface area (Å²) in [5, 5.41) is 3.91. The van der Waals surface area contributed by atoms with Gasteiger partial charge in [0, 0.05) is 0 Å². The molecule has 0 saturated carbocycles. The third-order valence-corrected chi connectivity index (χ3v) is 3.63. The molecule has 0 unspecified atom stereocenters. The van der Waals surface area contributed by atoms with Gasteiger partial charge < -0.3 is 14.3 Å². The van der Waals surface area contributed by atoms with Gasteiger partial charge in [-0.25, -0.2) is 0 Å². The highest BCUT2D eigenvalue weighted by atomic mass is 35.5. The summed E-state index contributed by atoms with van der Waals surface area (Å²) in [6, 6.07) is 3.96. The summed E-state index contributed by atoms with van der Waals surface area (Å²) >= 11 is 11.2. The van der Waals surface area contributed by atoms with E-state index in [4.69, 9.17) is 37.5 Å². The largest absolute Gasteiger partial charge is 0.493 e. The van der Waals surface area contributed by atoms with Crippen LogP contribution in [-0.2, 0) is 11.3 Å². The number of hydrogen-bond acceptors (Lipinski definition) is 4. The van der Waals surface area contributed by atoms with Crippen molar-refractivity contribution in [2.24, 2.45) is 5.16 Å². The minimum absolute atomic E-state index is 0.205. The van der Waals surface area contributed by atoms with Gasteiger partial charge in [-0.05, 0) is 69.4 Å². The van der Waals surface area contributed by atoms with E-state index in [9.17, 15) is 0 Å². The van der Waals surface area contributed by atoms with Crippen molar-refractivity contribution < 1.29 is 14.3 Å². The van der Waals surface area contributed by atoms with E-state index in [-0.39, 0.29) is 4.49 Å². The van der Waals surface area contributed by atoms with E-state index in [1.165, 1.54) is 0 Å². The van der Waals surface area contributed by atoms with Crippen LogP contribution in [-0.4, -0.2) is 25.5 Å². The number of nitrogens with zero attached hydrogens (tertiary/aromatic N) is 1. The lowest BCUT2D eigenvalue weighted by molar-refractivity contribution is 0.135. The topological polar surface area (TPSA) is 40.0 Å². The molecular formula is C19H27Cl2NO3. The lowest BCUT2D eigenvalue weighted by Gasteiger charge is -2.15. The van der Waals surface area contributed by atoms with Crippen LogP contribution in [0.1, 0.15) is 44.7 Å². The fourth-order valence-corrected chi connectivity index (χ4v) is 2.31. The Morgan fingerprint density at radius 2 is 1.84 bits per heavy atom. The van der Waals surface area contributed by atoms with Crippen LogP contribution in [0.3, 0.4) is 0 Å². The third kappa shape index (κ3) is 9.03. The first-order valence-corrected chi connectivity index (χ1v) is 9.23. The first-order chi connectivity index (χ1) is 11.9. The Balaban J connectivity index is 2.53. The van der Waals surface area contributed by atoms with E-state index in [0.29, 0.717) is 19.8 Å². The van der Waals surface area contributed by atoms with Crippen LogP contribution in [0.2, 0.25) is 0 Å². The highest BCUT2D eigenvalue weighted by Crippen LogP contribution is 2.30. The standard InChI is InChI=1S/C19H27Cl2NO3/c1-5-16-13-17(23-11-8-18(20)21)12-15(4)19(16)24-9-6-7-10-25-22-14(2)3/h8,12-13H,5-7,9-11H2,1-4H3. The first kappa shape index (κ1) is 21.7. The van der Waals surface area contributed by atoms with Crippen LogP contribution in [0, 0.1) is 6.92 Å². The van der Waals surface area contributed by atoms with Gasteiger partial charge >= 0.3 is 0 Å². The van der Waals surface area contributed by atoms with E-state index in [2.05, 4.69) is 12.1 Å². The van der Waals surface area contributed by atoms with Gasteiger partial charge in [0.2, 0.25) is 0 Å². The quantitative estimate of drug-likeness (QED) is 0.272. The molecule has 4 nitrogen and oxygen atoms in total. The Bertz CT molecular complexity index is 593. The fraction of sp³-hybridized carbons (Fsp3) is 0.526. The number of unbranched alkanes of at least 4 members (excludes halogenated alkanes) is 1. The van der Waals surface area contributed by atoms with Crippen LogP contribution in [0.4, 0.5) is 0 Å². The number of aryl methyl sites for hydroxylation is 2. The summed E-state index contributed by atoms with van der Waals surface area (Å²) in [6.07, 6.45) is 4.30. The van der Waals surface area contributed by atoms with Crippen LogP contribution in [0.15, 0.2) is 27.9 Å². The molecule has 0 N–H and O–H groups in total. The summed E-state index contributed by atoms with van der Waals surface area (Å²) in [4.78, 5) is 5.18. The zero-order valence-electron chi connectivity index (χ0n) is 15.4. The number of ether oxygens (including phenoxy) is 2. The Labute approximate surface area is 160 Å². The summed E-state index contributed by atoms with van der Waals surface area (Å²) in [5.41, 5.74) is 3.10. The molecule has 0 amide bonds. The summed E-state index contributed by atoms with van der Waals surface area (Å²) in [5.74, 6) is 1.72. The van der Waals surface area contributed by atoms with Crippen molar-refractivity contribution in [1.29, 1.82) is 0 Å². The maximum Gasteiger partial charge on any atom is 0.125 e. The van der Waals surface area contributed by atoms with Crippen LogP contribution in [0.25, 0.3) is 0 Å². The van der Waals surface area contributed by atoms with Crippen molar-refractivity contribution in [3.63, 3.8) is 0 Å². The van der Waals surface area contributed by atoms with Gasteiger partial charge in [0.1, 0.15) is 29.2 Å². The predicted octanol–water partition coefficient (Wildman–Crippen LogP) is 5.83. The number of halogens is 2. The maximum absolute atomic E-state index is 5.98. The number of rotatable bonds is 11. The molecule has 0 bridgehead atoms. The predicted molar refractivity (Wildman–Crippen MR) is 105 cm³/mol. The van der Waals surface area contributed by atoms with E-state index < -0.39 is 0 Å². The molecule has 0 aromatic heterocycles. The van der Waals surface area contributed by atoms with Gasteiger partial charge in [-0.2, -0.15) is 0 Å². The smallest absolute Gasteiger partial charge is 0.125 e. The monoisotopic (exact) mass is 387 g/mol. The molecule has 0 heterocycles. The summed E-state index contributed by atoms with van der Waals surface area (Å²) in [7, 11) is 0. The Morgan fingerprint density at radius 3 is 2.48 bits per heavy atom. The molecule has 1 aromatic carbocycles. The molecule has 0 aliphatic heterocycles. The minimum Gasteiger partial charge on any atom is -0.493 e.